The summed E-state index contributed by atoms with van der Waals surface area (Å²) in [6, 6.07) is 4.09. The minimum absolute atomic E-state index is 0.132. The highest BCUT2D eigenvalue weighted by Crippen LogP contribution is 2.25. The van der Waals surface area contributed by atoms with Gasteiger partial charge in [-0.1, -0.05) is 6.07 Å². The number of rotatable bonds is 3. The van der Waals surface area contributed by atoms with Crippen molar-refractivity contribution in [1.29, 1.82) is 0 Å². The number of H-pyrrole nitrogens is 1. The summed E-state index contributed by atoms with van der Waals surface area (Å²) < 4.78 is 0. The molecule has 0 saturated carbocycles. The quantitative estimate of drug-likeness (QED) is 0.604. The van der Waals surface area contributed by atoms with Crippen molar-refractivity contribution < 1.29 is 15.0 Å². The van der Waals surface area contributed by atoms with Crippen molar-refractivity contribution >= 4 is 5.91 Å². The molecule has 0 aliphatic heterocycles. The van der Waals surface area contributed by atoms with E-state index < -0.39 is 5.91 Å². The zero-order valence-electron chi connectivity index (χ0n) is 8.71. The molecule has 1 aromatic heterocycles. The van der Waals surface area contributed by atoms with Crippen LogP contribution in [0.4, 0.5) is 0 Å². The van der Waals surface area contributed by atoms with Crippen LogP contribution in [0.5, 0.6) is 11.5 Å². The fourth-order valence-electron chi connectivity index (χ4n) is 1.33. The van der Waals surface area contributed by atoms with Crippen molar-refractivity contribution in [2.45, 2.75) is 6.54 Å². The number of amides is 1. The van der Waals surface area contributed by atoms with E-state index >= 15 is 0 Å². The van der Waals surface area contributed by atoms with Crippen molar-refractivity contribution in [3.05, 3.63) is 35.9 Å². The van der Waals surface area contributed by atoms with Gasteiger partial charge in [-0.25, -0.2) is 4.98 Å². The molecule has 0 atom stereocenters. The summed E-state index contributed by atoms with van der Waals surface area (Å²) in [7, 11) is 0. The average Bonchev–Trinajstić information content (AvgIpc) is 2.79. The first-order chi connectivity index (χ1) is 8.18. The Morgan fingerprint density at radius 2 is 2.06 bits per heavy atom. The molecule has 0 unspecified atom stereocenters. The van der Waals surface area contributed by atoms with Crippen LogP contribution in [-0.4, -0.2) is 31.3 Å². The number of nitrogens with zero attached hydrogens (tertiary/aromatic N) is 2. The number of hydrogen-bond acceptors (Lipinski definition) is 5. The van der Waals surface area contributed by atoms with Gasteiger partial charge in [-0.3, -0.25) is 9.89 Å². The number of aromatic nitrogens is 3. The first kappa shape index (κ1) is 10.9. The predicted octanol–water partition coefficient (Wildman–Crippen LogP) is 0.146. The number of aromatic amines is 1. The molecule has 1 heterocycles. The molecule has 17 heavy (non-hydrogen) atoms. The van der Waals surface area contributed by atoms with Gasteiger partial charge in [0.25, 0.3) is 5.91 Å². The average molecular weight is 234 g/mol. The van der Waals surface area contributed by atoms with Crippen LogP contribution in [0.25, 0.3) is 0 Å². The minimum atomic E-state index is -0.586. The van der Waals surface area contributed by atoms with E-state index in [1.165, 1.54) is 24.5 Å². The Labute approximate surface area is 96.1 Å². The predicted molar refractivity (Wildman–Crippen MR) is 57.3 cm³/mol. The Balaban J connectivity index is 2.10. The molecule has 0 spiro atoms. The SMILES string of the molecule is O=C(NCc1ncn[nH]1)c1c(O)cccc1O. The van der Waals surface area contributed by atoms with Gasteiger partial charge < -0.3 is 15.5 Å². The molecule has 88 valence electrons. The Hall–Kier alpha value is -2.57. The van der Waals surface area contributed by atoms with E-state index in [-0.39, 0.29) is 23.6 Å². The van der Waals surface area contributed by atoms with Crippen LogP contribution in [0.2, 0.25) is 0 Å². The van der Waals surface area contributed by atoms with Gasteiger partial charge in [0.2, 0.25) is 0 Å². The molecule has 0 fully saturated rings. The monoisotopic (exact) mass is 234 g/mol. The minimum Gasteiger partial charge on any atom is -0.507 e. The molecule has 0 radical (unpaired) electrons. The summed E-state index contributed by atoms with van der Waals surface area (Å²) >= 11 is 0. The topological polar surface area (TPSA) is 111 Å². The Kier molecular flexibility index (Phi) is 2.91. The normalized spacial score (nSPS) is 10.1. The van der Waals surface area contributed by atoms with Crippen LogP contribution < -0.4 is 5.32 Å². The second-order valence-electron chi connectivity index (χ2n) is 3.29. The second-order valence-corrected chi connectivity index (χ2v) is 3.29. The molecular formula is C10H10N4O3. The molecule has 2 rings (SSSR count). The van der Waals surface area contributed by atoms with Crippen molar-refractivity contribution in [3.63, 3.8) is 0 Å². The van der Waals surface area contributed by atoms with Gasteiger partial charge >= 0.3 is 0 Å². The molecule has 0 aliphatic rings. The third kappa shape index (κ3) is 2.33. The third-order valence-corrected chi connectivity index (χ3v) is 2.13. The summed E-state index contributed by atoms with van der Waals surface area (Å²) in [5.41, 5.74) is -0.160. The van der Waals surface area contributed by atoms with E-state index in [9.17, 15) is 15.0 Å². The van der Waals surface area contributed by atoms with Crippen molar-refractivity contribution in [2.75, 3.05) is 0 Å². The fourth-order valence-corrected chi connectivity index (χ4v) is 1.33. The highest BCUT2D eigenvalue weighted by molar-refractivity contribution is 5.99. The summed E-state index contributed by atoms with van der Waals surface area (Å²) in [5.74, 6) is -0.662. The Morgan fingerprint density at radius 1 is 1.35 bits per heavy atom. The number of phenolic OH excluding ortho intramolecular Hbond substituents is 2. The smallest absolute Gasteiger partial charge is 0.259 e. The van der Waals surface area contributed by atoms with E-state index in [0.717, 1.165) is 0 Å². The van der Waals surface area contributed by atoms with Gasteiger partial charge in [-0.2, -0.15) is 5.10 Å². The lowest BCUT2D eigenvalue weighted by atomic mass is 10.1. The van der Waals surface area contributed by atoms with Gasteiger partial charge in [0.1, 0.15) is 29.2 Å². The maximum Gasteiger partial charge on any atom is 0.259 e. The Bertz CT molecular complexity index is 504. The molecule has 0 saturated heterocycles. The van der Waals surface area contributed by atoms with Crippen LogP contribution in [0.3, 0.4) is 0 Å². The van der Waals surface area contributed by atoms with Crippen molar-refractivity contribution in [3.8, 4) is 11.5 Å². The molecule has 0 aliphatic carbocycles. The van der Waals surface area contributed by atoms with Crippen molar-refractivity contribution in [1.82, 2.24) is 20.5 Å². The largest absolute Gasteiger partial charge is 0.507 e. The van der Waals surface area contributed by atoms with Gasteiger partial charge in [-0.15, -0.1) is 0 Å². The molecular weight excluding hydrogens is 224 g/mol. The zero-order chi connectivity index (χ0) is 12.3. The number of aromatic hydroxyl groups is 2. The first-order valence-corrected chi connectivity index (χ1v) is 4.82. The molecule has 7 heteroatoms. The molecule has 1 amide bonds. The van der Waals surface area contributed by atoms with E-state index in [0.29, 0.717) is 5.82 Å². The number of nitrogens with one attached hydrogen (secondary N) is 2. The highest BCUT2D eigenvalue weighted by atomic mass is 16.3. The van der Waals surface area contributed by atoms with E-state index in [2.05, 4.69) is 20.5 Å². The summed E-state index contributed by atoms with van der Waals surface area (Å²) in [6.45, 7) is 0.132. The van der Waals surface area contributed by atoms with Crippen LogP contribution in [-0.2, 0) is 6.54 Å². The lowest BCUT2D eigenvalue weighted by Crippen LogP contribution is -2.23. The van der Waals surface area contributed by atoms with Crippen LogP contribution in [0, 0.1) is 0 Å². The standard InChI is InChI=1S/C10H10N4O3/c15-6-2-1-3-7(16)9(6)10(17)11-4-8-12-5-13-14-8/h1-3,5,15-16H,4H2,(H,11,17)(H,12,13,14). The number of phenols is 2. The second kappa shape index (κ2) is 4.52. The van der Waals surface area contributed by atoms with Gasteiger partial charge in [0.05, 0.1) is 6.54 Å². The fraction of sp³-hybridized carbons (Fsp3) is 0.100. The maximum atomic E-state index is 11.7. The van der Waals surface area contributed by atoms with E-state index in [1.807, 2.05) is 0 Å². The summed E-state index contributed by atoms with van der Waals surface area (Å²) in [6.07, 6.45) is 1.32. The molecule has 1 aromatic carbocycles. The Morgan fingerprint density at radius 3 is 2.65 bits per heavy atom. The summed E-state index contributed by atoms with van der Waals surface area (Å²) in [5, 5.41) is 27.6. The van der Waals surface area contributed by atoms with E-state index in [4.69, 9.17) is 0 Å². The molecule has 2 aromatic rings. The number of benzene rings is 1. The maximum absolute atomic E-state index is 11.7. The van der Waals surface area contributed by atoms with E-state index in [1.54, 1.807) is 0 Å². The zero-order valence-corrected chi connectivity index (χ0v) is 8.71. The lowest BCUT2D eigenvalue weighted by molar-refractivity contribution is 0.0944. The summed E-state index contributed by atoms with van der Waals surface area (Å²) in [4.78, 5) is 15.5. The van der Waals surface area contributed by atoms with Crippen molar-refractivity contribution in [2.24, 2.45) is 0 Å². The molecule has 4 N–H and O–H groups in total. The third-order valence-electron chi connectivity index (χ3n) is 2.13. The van der Waals surface area contributed by atoms with Crippen LogP contribution in [0.1, 0.15) is 16.2 Å². The highest BCUT2D eigenvalue weighted by Gasteiger charge is 2.15. The molecule has 0 bridgehead atoms. The van der Waals surface area contributed by atoms with Gasteiger partial charge in [0.15, 0.2) is 0 Å². The number of hydrogen-bond donors (Lipinski definition) is 4. The van der Waals surface area contributed by atoms with Crippen LogP contribution in [0.15, 0.2) is 24.5 Å². The van der Waals surface area contributed by atoms with Gasteiger partial charge in [-0.05, 0) is 12.1 Å². The lowest BCUT2D eigenvalue weighted by Gasteiger charge is -2.06. The number of carbonyl (C=O) groups excluding carboxylic acids is 1. The first-order valence-electron chi connectivity index (χ1n) is 4.82. The van der Waals surface area contributed by atoms with Crippen LogP contribution >= 0.6 is 0 Å². The van der Waals surface area contributed by atoms with Gasteiger partial charge in [0, 0.05) is 0 Å². The molecule has 7 nitrogen and oxygen atoms in total. The number of carbonyl (C=O) groups is 1.